The van der Waals surface area contributed by atoms with Crippen LogP contribution in [0.25, 0.3) is 0 Å². The fourth-order valence-electron chi connectivity index (χ4n) is 6.96. The molecule has 0 radical (unpaired) electrons. The summed E-state index contributed by atoms with van der Waals surface area (Å²) in [6, 6.07) is 0. The molecule has 4 aliphatic carbocycles. The summed E-state index contributed by atoms with van der Waals surface area (Å²) < 4.78 is 6.12. The van der Waals surface area contributed by atoms with Crippen LogP contribution < -0.4 is 0 Å². The van der Waals surface area contributed by atoms with E-state index in [0.29, 0.717) is 23.1 Å². The second-order valence-corrected chi connectivity index (χ2v) is 10.7. The Balaban J connectivity index is 1.85. The molecule has 0 spiro atoms. The maximum Gasteiger partial charge on any atom is 0.333 e. The van der Waals surface area contributed by atoms with Crippen molar-refractivity contribution in [3.8, 4) is 0 Å². The zero-order chi connectivity index (χ0) is 23.1. The number of carbonyl (C=O) groups is 2. The molecule has 4 rings (SSSR count). The van der Waals surface area contributed by atoms with E-state index in [1.807, 2.05) is 26.8 Å². The molecular formula is C25H34O6. The predicted molar refractivity (Wildman–Crippen MR) is 115 cm³/mol. The van der Waals surface area contributed by atoms with Gasteiger partial charge in [0, 0.05) is 35.2 Å². The van der Waals surface area contributed by atoms with Crippen LogP contribution in [0.5, 0.6) is 0 Å². The van der Waals surface area contributed by atoms with E-state index in [4.69, 9.17) is 4.74 Å². The lowest BCUT2D eigenvalue weighted by Crippen LogP contribution is -2.61. The first-order valence-electron chi connectivity index (χ1n) is 11.2. The highest BCUT2D eigenvalue weighted by molar-refractivity contribution is 6.04. The Bertz CT molecular complexity index is 942. The molecule has 1 unspecified atom stereocenters. The summed E-state index contributed by atoms with van der Waals surface area (Å²) in [4.78, 5) is 25.6. The number of fused-ring (bicyclic) bond motifs is 5. The van der Waals surface area contributed by atoms with Crippen molar-refractivity contribution in [3.05, 3.63) is 34.9 Å². The minimum atomic E-state index is -1.77. The van der Waals surface area contributed by atoms with E-state index in [1.54, 1.807) is 32.9 Å². The van der Waals surface area contributed by atoms with Crippen LogP contribution in [-0.4, -0.2) is 50.5 Å². The van der Waals surface area contributed by atoms with Crippen molar-refractivity contribution in [2.45, 2.75) is 71.2 Å². The van der Waals surface area contributed by atoms with Crippen molar-refractivity contribution in [3.63, 3.8) is 0 Å². The average molecular weight is 431 g/mol. The van der Waals surface area contributed by atoms with E-state index in [1.165, 1.54) is 0 Å². The Morgan fingerprint density at radius 3 is 2.52 bits per heavy atom. The first-order chi connectivity index (χ1) is 14.3. The molecule has 0 aromatic heterocycles. The van der Waals surface area contributed by atoms with Crippen molar-refractivity contribution in [2.75, 3.05) is 6.61 Å². The molecule has 0 saturated heterocycles. The molecule has 0 amide bonds. The number of hydrogen-bond acceptors (Lipinski definition) is 6. The van der Waals surface area contributed by atoms with E-state index in [-0.39, 0.29) is 36.6 Å². The number of carbonyl (C=O) groups excluding carboxylic acids is 2. The van der Waals surface area contributed by atoms with Gasteiger partial charge in [0.05, 0.1) is 12.2 Å². The number of Topliss-reactive ketones (excluding diaryl/α,β-unsaturated/α-hetero) is 1. The zero-order valence-corrected chi connectivity index (χ0v) is 19.2. The van der Waals surface area contributed by atoms with E-state index in [9.17, 15) is 24.9 Å². The number of ether oxygens (including phenoxy) is 1. The van der Waals surface area contributed by atoms with Crippen LogP contribution in [0, 0.1) is 29.1 Å². The van der Waals surface area contributed by atoms with Gasteiger partial charge in [0.2, 0.25) is 0 Å². The third kappa shape index (κ3) is 2.61. The zero-order valence-electron chi connectivity index (χ0n) is 19.2. The monoisotopic (exact) mass is 430 g/mol. The van der Waals surface area contributed by atoms with Crippen LogP contribution >= 0.6 is 0 Å². The summed E-state index contributed by atoms with van der Waals surface area (Å²) in [6.45, 7) is 10.9. The van der Waals surface area contributed by atoms with Gasteiger partial charge in [0.25, 0.3) is 0 Å². The second-order valence-electron chi connectivity index (χ2n) is 10.7. The fourth-order valence-corrected chi connectivity index (χ4v) is 6.96. The molecule has 6 nitrogen and oxygen atoms in total. The topological polar surface area (TPSA) is 104 Å². The lowest BCUT2D eigenvalue weighted by molar-refractivity contribution is -0.185. The van der Waals surface area contributed by atoms with Gasteiger partial charge in [-0.3, -0.25) is 4.79 Å². The maximum absolute atomic E-state index is 12.9. The molecule has 6 heteroatoms. The third-order valence-corrected chi connectivity index (χ3v) is 8.90. The van der Waals surface area contributed by atoms with Crippen LogP contribution in [0.15, 0.2) is 34.9 Å². The summed E-state index contributed by atoms with van der Waals surface area (Å²) in [5.41, 5.74) is -2.81. The van der Waals surface area contributed by atoms with Gasteiger partial charge in [-0.15, -0.1) is 0 Å². The largest absolute Gasteiger partial charge is 0.455 e. The van der Waals surface area contributed by atoms with Gasteiger partial charge >= 0.3 is 5.97 Å². The summed E-state index contributed by atoms with van der Waals surface area (Å²) >= 11 is 0. The van der Waals surface area contributed by atoms with Crippen molar-refractivity contribution in [2.24, 2.45) is 29.1 Å². The lowest BCUT2D eigenvalue weighted by Gasteiger charge is -2.50. The molecule has 0 aromatic rings. The molecule has 2 fully saturated rings. The molecule has 4 aliphatic rings. The molecule has 0 aromatic carbocycles. The number of rotatable bonds is 3. The number of allylic oxidation sites excluding steroid dienone is 1. The molecule has 0 bridgehead atoms. The highest BCUT2D eigenvalue weighted by atomic mass is 16.6. The highest BCUT2D eigenvalue weighted by Gasteiger charge is 2.83. The van der Waals surface area contributed by atoms with Crippen molar-refractivity contribution >= 4 is 11.8 Å². The SMILES string of the molecule is C/C=C(/C)C(=O)O[C@@]12C[C@@H](C)[C@]3(O)C4C=C(C)C(=O)[C@@]4(O)CC(CO)=C[C@H]3[C@@H]1C2(C)C. The highest BCUT2D eigenvalue weighted by Crippen LogP contribution is 2.76. The lowest BCUT2D eigenvalue weighted by atomic mass is 9.60. The molecule has 170 valence electrons. The molecule has 0 aliphatic heterocycles. The van der Waals surface area contributed by atoms with Crippen LogP contribution in [0.4, 0.5) is 0 Å². The van der Waals surface area contributed by atoms with Gasteiger partial charge in [-0.05, 0) is 44.3 Å². The van der Waals surface area contributed by atoms with Gasteiger partial charge in [-0.1, -0.05) is 39.0 Å². The minimum Gasteiger partial charge on any atom is -0.455 e. The summed E-state index contributed by atoms with van der Waals surface area (Å²) in [5, 5.41) is 33.7. The molecule has 3 N–H and O–H groups in total. The minimum absolute atomic E-state index is 0.00993. The Hall–Kier alpha value is -1.76. The van der Waals surface area contributed by atoms with E-state index < -0.39 is 34.1 Å². The summed E-state index contributed by atoms with van der Waals surface area (Å²) in [5.74, 6) is -2.55. The van der Waals surface area contributed by atoms with E-state index >= 15 is 0 Å². The molecular weight excluding hydrogens is 396 g/mol. The summed E-state index contributed by atoms with van der Waals surface area (Å²) in [7, 11) is 0. The van der Waals surface area contributed by atoms with Crippen molar-refractivity contribution < 1.29 is 29.6 Å². The van der Waals surface area contributed by atoms with Gasteiger partial charge in [0.1, 0.15) is 11.2 Å². The molecule has 0 heterocycles. The van der Waals surface area contributed by atoms with Crippen LogP contribution in [0.2, 0.25) is 0 Å². The number of aliphatic hydroxyl groups excluding tert-OH is 1. The first kappa shape index (κ1) is 22.4. The number of esters is 1. The van der Waals surface area contributed by atoms with Gasteiger partial charge < -0.3 is 20.1 Å². The van der Waals surface area contributed by atoms with E-state index in [2.05, 4.69) is 0 Å². The normalized spacial score (nSPS) is 45.6. The van der Waals surface area contributed by atoms with Crippen molar-refractivity contribution in [1.82, 2.24) is 0 Å². The quantitative estimate of drug-likeness (QED) is 0.361. The Kier molecular flexibility index (Phi) is 4.79. The Morgan fingerprint density at radius 1 is 1.29 bits per heavy atom. The number of hydrogen-bond donors (Lipinski definition) is 3. The van der Waals surface area contributed by atoms with Crippen molar-refractivity contribution in [1.29, 1.82) is 0 Å². The number of ketones is 1. The van der Waals surface area contributed by atoms with Crippen LogP contribution in [0.3, 0.4) is 0 Å². The average Bonchev–Trinajstić information content (AvgIpc) is 3.11. The Labute approximate surface area is 183 Å². The fraction of sp³-hybridized carbons (Fsp3) is 0.680. The van der Waals surface area contributed by atoms with Crippen LogP contribution in [-0.2, 0) is 14.3 Å². The van der Waals surface area contributed by atoms with Crippen LogP contribution in [0.1, 0.15) is 54.4 Å². The third-order valence-electron chi connectivity index (χ3n) is 8.90. The summed E-state index contributed by atoms with van der Waals surface area (Å²) in [6.07, 6.45) is 5.70. The number of aliphatic hydroxyl groups is 3. The predicted octanol–water partition coefficient (Wildman–Crippen LogP) is 2.48. The van der Waals surface area contributed by atoms with Gasteiger partial charge in [-0.2, -0.15) is 0 Å². The molecule has 2 saturated carbocycles. The van der Waals surface area contributed by atoms with Gasteiger partial charge in [0.15, 0.2) is 5.78 Å². The Morgan fingerprint density at radius 2 is 1.94 bits per heavy atom. The molecule has 7 atom stereocenters. The molecule has 31 heavy (non-hydrogen) atoms. The first-order valence-corrected chi connectivity index (χ1v) is 11.2. The standard InChI is InChI=1S/C25H34O6/c1-7-13(2)21(28)31-24-10-15(4)25(30)17(19(24)22(24,5)6)9-16(12-26)11-23(29)18(25)8-14(3)20(23)27/h7-9,15,17-19,26,29-30H,10-12H2,1-6H3/b13-7-/t15-,17+,18?,19-,23-,24+,25-/m1/s1. The van der Waals surface area contributed by atoms with E-state index in [0.717, 1.165) is 0 Å². The second kappa shape index (κ2) is 6.63. The van der Waals surface area contributed by atoms with Gasteiger partial charge in [-0.25, -0.2) is 4.79 Å². The maximum atomic E-state index is 12.9. The smallest absolute Gasteiger partial charge is 0.333 e.